The first-order valence-electron chi connectivity index (χ1n) is 8.04. The Morgan fingerprint density at radius 1 is 0.917 bits per heavy atom. The van der Waals surface area contributed by atoms with Gasteiger partial charge in [-0.2, -0.15) is 0 Å². The van der Waals surface area contributed by atoms with Gasteiger partial charge in [-0.05, 0) is 60.5 Å². The van der Waals surface area contributed by atoms with Gasteiger partial charge in [-0.3, -0.25) is 4.79 Å². The first kappa shape index (κ1) is 15.9. The van der Waals surface area contributed by atoms with E-state index in [0.717, 1.165) is 23.5 Å². The Morgan fingerprint density at radius 2 is 1.50 bits per heavy atom. The van der Waals surface area contributed by atoms with Crippen molar-refractivity contribution in [2.75, 3.05) is 10.6 Å². The largest absolute Gasteiger partial charge is 0.356 e. The van der Waals surface area contributed by atoms with Crippen LogP contribution in [0.1, 0.15) is 23.0 Å². The lowest BCUT2D eigenvalue weighted by molar-refractivity contribution is 0.101. The fraction of sp³-hybridized carbons (Fsp3) is 0.150. The summed E-state index contributed by atoms with van der Waals surface area (Å²) in [6, 6.07) is 19.7. The maximum Gasteiger partial charge on any atom is 0.272 e. The minimum Gasteiger partial charge on any atom is -0.356 e. The van der Waals surface area contributed by atoms with Crippen molar-refractivity contribution in [1.29, 1.82) is 0 Å². The SMILES string of the molecule is CCc1ccc(Nc2ccc(NC(=O)c3cccn3C)cc2)cc1. The molecular formula is C20H21N3O. The predicted octanol–water partition coefficient (Wildman–Crippen LogP) is 4.58. The van der Waals surface area contributed by atoms with Crippen molar-refractivity contribution in [1.82, 2.24) is 4.57 Å². The third kappa shape index (κ3) is 3.66. The van der Waals surface area contributed by atoms with E-state index in [0.29, 0.717) is 5.69 Å². The lowest BCUT2D eigenvalue weighted by atomic mass is 10.1. The van der Waals surface area contributed by atoms with E-state index < -0.39 is 0 Å². The molecule has 2 aromatic carbocycles. The van der Waals surface area contributed by atoms with Crippen molar-refractivity contribution in [2.45, 2.75) is 13.3 Å². The number of rotatable bonds is 5. The molecule has 0 bridgehead atoms. The van der Waals surface area contributed by atoms with Crippen molar-refractivity contribution in [3.05, 3.63) is 78.1 Å². The molecule has 3 rings (SSSR count). The van der Waals surface area contributed by atoms with E-state index in [2.05, 4.69) is 41.8 Å². The Bertz CT molecular complexity index is 817. The van der Waals surface area contributed by atoms with E-state index in [1.807, 2.05) is 43.6 Å². The summed E-state index contributed by atoms with van der Waals surface area (Å²) in [6.07, 6.45) is 2.89. The lowest BCUT2D eigenvalue weighted by Crippen LogP contribution is -2.15. The van der Waals surface area contributed by atoms with Crippen LogP contribution in [0.4, 0.5) is 17.1 Å². The zero-order chi connectivity index (χ0) is 16.9. The minimum absolute atomic E-state index is 0.113. The quantitative estimate of drug-likeness (QED) is 0.723. The van der Waals surface area contributed by atoms with E-state index in [4.69, 9.17) is 0 Å². The molecule has 0 radical (unpaired) electrons. The smallest absolute Gasteiger partial charge is 0.272 e. The highest BCUT2D eigenvalue weighted by Gasteiger charge is 2.08. The fourth-order valence-corrected chi connectivity index (χ4v) is 2.52. The van der Waals surface area contributed by atoms with Crippen LogP contribution in [0.15, 0.2) is 66.9 Å². The number of nitrogens with zero attached hydrogens (tertiary/aromatic N) is 1. The molecule has 0 atom stereocenters. The highest BCUT2D eigenvalue weighted by molar-refractivity contribution is 6.03. The van der Waals surface area contributed by atoms with Crippen LogP contribution >= 0.6 is 0 Å². The number of aryl methyl sites for hydroxylation is 2. The molecule has 122 valence electrons. The van der Waals surface area contributed by atoms with Gasteiger partial charge in [-0.1, -0.05) is 19.1 Å². The molecule has 1 amide bonds. The molecule has 0 spiro atoms. The van der Waals surface area contributed by atoms with Crippen LogP contribution in [0.3, 0.4) is 0 Å². The molecule has 0 aliphatic carbocycles. The van der Waals surface area contributed by atoms with Crippen molar-refractivity contribution < 1.29 is 4.79 Å². The summed E-state index contributed by atoms with van der Waals surface area (Å²) in [5.41, 5.74) is 4.75. The molecule has 0 aliphatic heterocycles. The van der Waals surface area contributed by atoms with E-state index in [1.54, 1.807) is 10.6 Å². The monoisotopic (exact) mass is 319 g/mol. The van der Waals surface area contributed by atoms with Gasteiger partial charge in [0, 0.05) is 30.3 Å². The number of anilines is 3. The Hall–Kier alpha value is -3.01. The number of nitrogens with one attached hydrogen (secondary N) is 2. The minimum atomic E-state index is -0.113. The number of hydrogen-bond donors (Lipinski definition) is 2. The van der Waals surface area contributed by atoms with Crippen LogP contribution in [-0.4, -0.2) is 10.5 Å². The van der Waals surface area contributed by atoms with Crippen LogP contribution in [0.2, 0.25) is 0 Å². The summed E-state index contributed by atoms with van der Waals surface area (Å²) in [7, 11) is 1.85. The normalized spacial score (nSPS) is 10.4. The van der Waals surface area contributed by atoms with Crippen LogP contribution in [0.25, 0.3) is 0 Å². The Morgan fingerprint density at radius 3 is 2.04 bits per heavy atom. The first-order valence-corrected chi connectivity index (χ1v) is 8.04. The Labute approximate surface area is 142 Å². The number of carbonyl (C=O) groups excluding carboxylic acids is 1. The van der Waals surface area contributed by atoms with E-state index >= 15 is 0 Å². The molecule has 2 N–H and O–H groups in total. The Kier molecular flexibility index (Phi) is 4.66. The maximum absolute atomic E-state index is 12.2. The van der Waals surface area contributed by atoms with Crippen molar-refractivity contribution >= 4 is 23.0 Å². The van der Waals surface area contributed by atoms with Crippen molar-refractivity contribution in [2.24, 2.45) is 7.05 Å². The van der Waals surface area contributed by atoms with Crippen LogP contribution < -0.4 is 10.6 Å². The average molecular weight is 319 g/mol. The van der Waals surface area contributed by atoms with Gasteiger partial charge in [0.05, 0.1) is 0 Å². The molecule has 3 aromatic rings. The summed E-state index contributed by atoms with van der Waals surface area (Å²) in [5.74, 6) is -0.113. The summed E-state index contributed by atoms with van der Waals surface area (Å²) < 4.78 is 1.80. The van der Waals surface area contributed by atoms with E-state index in [1.165, 1.54) is 5.56 Å². The number of carbonyl (C=O) groups is 1. The highest BCUT2D eigenvalue weighted by Crippen LogP contribution is 2.20. The van der Waals surface area contributed by atoms with Gasteiger partial charge in [0.15, 0.2) is 0 Å². The fourth-order valence-electron chi connectivity index (χ4n) is 2.52. The second-order valence-corrected chi connectivity index (χ2v) is 5.71. The molecular weight excluding hydrogens is 298 g/mol. The molecule has 0 aliphatic rings. The standard InChI is InChI=1S/C20H21N3O/c1-3-15-6-8-16(9-7-15)21-17-10-12-18(13-11-17)22-20(24)19-5-4-14-23(19)2/h4-14,21H,3H2,1-2H3,(H,22,24). The predicted molar refractivity (Wildman–Crippen MR) is 98.9 cm³/mol. The number of benzene rings is 2. The Balaban J connectivity index is 1.64. The molecule has 24 heavy (non-hydrogen) atoms. The third-order valence-electron chi connectivity index (χ3n) is 3.97. The molecule has 4 nitrogen and oxygen atoms in total. The zero-order valence-corrected chi connectivity index (χ0v) is 13.9. The summed E-state index contributed by atoms with van der Waals surface area (Å²) >= 11 is 0. The first-order chi connectivity index (χ1) is 11.7. The summed E-state index contributed by atoms with van der Waals surface area (Å²) in [5, 5.41) is 6.26. The zero-order valence-electron chi connectivity index (χ0n) is 13.9. The number of aromatic nitrogens is 1. The summed E-state index contributed by atoms with van der Waals surface area (Å²) in [4.78, 5) is 12.2. The average Bonchev–Trinajstić information content (AvgIpc) is 3.03. The summed E-state index contributed by atoms with van der Waals surface area (Å²) in [6.45, 7) is 2.14. The topological polar surface area (TPSA) is 46.1 Å². The van der Waals surface area contributed by atoms with Gasteiger partial charge in [0.2, 0.25) is 0 Å². The van der Waals surface area contributed by atoms with Crippen molar-refractivity contribution in [3.63, 3.8) is 0 Å². The number of hydrogen-bond acceptors (Lipinski definition) is 2. The molecule has 0 unspecified atom stereocenters. The van der Waals surface area contributed by atoms with Crippen LogP contribution in [0.5, 0.6) is 0 Å². The van der Waals surface area contributed by atoms with E-state index in [-0.39, 0.29) is 5.91 Å². The molecule has 0 saturated heterocycles. The van der Waals surface area contributed by atoms with Gasteiger partial charge >= 0.3 is 0 Å². The third-order valence-corrected chi connectivity index (χ3v) is 3.97. The van der Waals surface area contributed by atoms with Gasteiger partial charge in [-0.25, -0.2) is 0 Å². The molecule has 1 heterocycles. The van der Waals surface area contributed by atoms with Crippen LogP contribution in [-0.2, 0) is 13.5 Å². The van der Waals surface area contributed by atoms with E-state index in [9.17, 15) is 4.79 Å². The van der Waals surface area contributed by atoms with Crippen LogP contribution in [0, 0.1) is 0 Å². The molecule has 0 saturated carbocycles. The highest BCUT2D eigenvalue weighted by atomic mass is 16.1. The lowest BCUT2D eigenvalue weighted by Gasteiger charge is -2.09. The number of amides is 1. The maximum atomic E-state index is 12.2. The van der Waals surface area contributed by atoms with Gasteiger partial charge in [0.25, 0.3) is 5.91 Å². The van der Waals surface area contributed by atoms with Gasteiger partial charge in [0.1, 0.15) is 5.69 Å². The second-order valence-electron chi connectivity index (χ2n) is 5.71. The second kappa shape index (κ2) is 7.04. The van der Waals surface area contributed by atoms with Gasteiger partial charge < -0.3 is 15.2 Å². The molecule has 4 heteroatoms. The molecule has 0 fully saturated rings. The molecule has 1 aromatic heterocycles. The van der Waals surface area contributed by atoms with Gasteiger partial charge in [-0.15, -0.1) is 0 Å². The van der Waals surface area contributed by atoms with Crippen molar-refractivity contribution in [3.8, 4) is 0 Å².